The zero-order chi connectivity index (χ0) is 20.2. The van der Waals surface area contributed by atoms with Crippen LogP contribution in [0.3, 0.4) is 0 Å². The minimum absolute atomic E-state index is 0.104. The highest BCUT2D eigenvalue weighted by molar-refractivity contribution is 5.97. The van der Waals surface area contributed by atoms with E-state index in [0.29, 0.717) is 42.6 Å². The molecule has 3 aromatic rings. The Labute approximate surface area is 167 Å². The van der Waals surface area contributed by atoms with Crippen molar-refractivity contribution < 1.29 is 14.1 Å². The van der Waals surface area contributed by atoms with Crippen LogP contribution in [0.4, 0.5) is 0 Å². The number of carbonyl (C=O) groups is 2. The zero-order valence-electron chi connectivity index (χ0n) is 16.1. The number of para-hydroxylation sites is 1. The average molecular weight is 394 g/mol. The first kappa shape index (κ1) is 18.9. The molecule has 2 amide bonds. The van der Waals surface area contributed by atoms with E-state index in [0.717, 1.165) is 18.5 Å². The lowest BCUT2D eigenvalue weighted by molar-refractivity contribution is 0.0674. The molecular weight excluding hydrogens is 372 g/mol. The first-order valence-corrected chi connectivity index (χ1v) is 9.56. The van der Waals surface area contributed by atoms with Crippen molar-refractivity contribution in [2.45, 2.75) is 19.8 Å². The summed E-state index contributed by atoms with van der Waals surface area (Å²) < 4.78 is 6.70. The van der Waals surface area contributed by atoms with E-state index in [2.05, 4.69) is 20.7 Å². The summed E-state index contributed by atoms with van der Waals surface area (Å²) in [6, 6.07) is 9.00. The monoisotopic (exact) mass is 394 g/mol. The highest BCUT2D eigenvalue weighted by atomic mass is 16.5. The molecule has 1 fully saturated rings. The third-order valence-corrected chi connectivity index (χ3v) is 5.15. The molecule has 9 nitrogen and oxygen atoms in total. The van der Waals surface area contributed by atoms with Gasteiger partial charge in [-0.2, -0.15) is 0 Å². The molecule has 0 unspecified atom stereocenters. The predicted molar refractivity (Wildman–Crippen MR) is 104 cm³/mol. The number of benzene rings is 1. The highest BCUT2D eigenvalue weighted by Gasteiger charge is 2.26. The van der Waals surface area contributed by atoms with E-state index >= 15 is 0 Å². The predicted octanol–water partition coefficient (Wildman–Crippen LogP) is 1.85. The Morgan fingerprint density at radius 3 is 2.59 bits per heavy atom. The van der Waals surface area contributed by atoms with Crippen molar-refractivity contribution in [1.82, 2.24) is 30.1 Å². The van der Waals surface area contributed by atoms with Crippen molar-refractivity contribution in [3.8, 4) is 5.69 Å². The van der Waals surface area contributed by atoms with Gasteiger partial charge in [0.1, 0.15) is 18.4 Å². The molecule has 1 aromatic carbocycles. The number of hydrogen-bond acceptors (Lipinski definition) is 6. The van der Waals surface area contributed by atoms with Crippen LogP contribution in [-0.2, 0) is 0 Å². The number of hydrogen-bond donors (Lipinski definition) is 1. The number of amides is 2. The van der Waals surface area contributed by atoms with Gasteiger partial charge >= 0.3 is 0 Å². The number of aryl methyl sites for hydroxylation is 1. The van der Waals surface area contributed by atoms with Crippen LogP contribution in [0.5, 0.6) is 0 Å². The second-order valence-electron chi connectivity index (χ2n) is 7.15. The minimum atomic E-state index is -0.133. The number of nitrogens with one attached hydrogen (secondary N) is 1. The topological polar surface area (TPSA) is 106 Å². The van der Waals surface area contributed by atoms with Gasteiger partial charge in [0.15, 0.2) is 5.69 Å². The first-order chi connectivity index (χ1) is 14.1. The normalized spacial score (nSPS) is 14.7. The summed E-state index contributed by atoms with van der Waals surface area (Å²) in [6.07, 6.45) is 4.79. The first-order valence-electron chi connectivity index (χ1n) is 9.56. The van der Waals surface area contributed by atoms with E-state index in [9.17, 15) is 9.59 Å². The fraction of sp³-hybridized carbons (Fsp3) is 0.350. The summed E-state index contributed by atoms with van der Waals surface area (Å²) in [6.45, 7) is 3.62. The summed E-state index contributed by atoms with van der Waals surface area (Å²) in [7, 11) is 0. The SMILES string of the molecule is Cc1cc(C(=O)N2CCC(CNC(=O)c3ccccc3-n3cnnc3)CC2)no1. The smallest absolute Gasteiger partial charge is 0.276 e. The second kappa shape index (κ2) is 8.26. The Morgan fingerprint density at radius 1 is 1.17 bits per heavy atom. The molecule has 0 bridgehead atoms. The number of aromatic nitrogens is 4. The summed E-state index contributed by atoms with van der Waals surface area (Å²) in [4.78, 5) is 26.9. The maximum Gasteiger partial charge on any atom is 0.276 e. The zero-order valence-corrected chi connectivity index (χ0v) is 16.1. The standard InChI is InChI=1S/C20H22N6O3/c1-14-10-17(24-29-14)20(28)25-8-6-15(7-9-25)11-21-19(27)16-4-2-3-5-18(16)26-12-22-23-13-26/h2-5,10,12-13,15H,6-9,11H2,1H3,(H,21,27). The maximum absolute atomic E-state index is 12.7. The molecule has 0 spiro atoms. The van der Waals surface area contributed by atoms with Crippen molar-refractivity contribution in [3.05, 3.63) is 60.0 Å². The van der Waals surface area contributed by atoms with Crippen LogP contribution in [-0.4, -0.2) is 56.3 Å². The molecule has 9 heteroatoms. The Kier molecular flexibility index (Phi) is 5.37. The second-order valence-corrected chi connectivity index (χ2v) is 7.15. The molecular formula is C20H22N6O3. The van der Waals surface area contributed by atoms with Crippen molar-refractivity contribution in [2.75, 3.05) is 19.6 Å². The average Bonchev–Trinajstić information content (AvgIpc) is 3.44. The van der Waals surface area contributed by atoms with Crippen LogP contribution in [0.1, 0.15) is 39.4 Å². The third-order valence-electron chi connectivity index (χ3n) is 5.15. The van der Waals surface area contributed by atoms with E-state index in [1.165, 1.54) is 0 Å². The van der Waals surface area contributed by atoms with Gasteiger partial charge in [-0.3, -0.25) is 14.2 Å². The number of nitrogens with zero attached hydrogens (tertiary/aromatic N) is 5. The lowest BCUT2D eigenvalue weighted by Crippen LogP contribution is -2.41. The fourth-order valence-corrected chi connectivity index (χ4v) is 3.52. The van der Waals surface area contributed by atoms with Gasteiger partial charge in [-0.1, -0.05) is 17.3 Å². The van der Waals surface area contributed by atoms with Gasteiger partial charge in [-0.05, 0) is 37.8 Å². The molecule has 0 saturated carbocycles. The Bertz CT molecular complexity index is 989. The van der Waals surface area contributed by atoms with Crippen LogP contribution in [0, 0.1) is 12.8 Å². The maximum atomic E-state index is 12.7. The summed E-state index contributed by atoms with van der Waals surface area (Å²) in [5.41, 5.74) is 1.65. The molecule has 150 valence electrons. The van der Waals surface area contributed by atoms with Gasteiger partial charge in [0, 0.05) is 25.7 Å². The summed E-state index contributed by atoms with van der Waals surface area (Å²) in [5, 5.41) is 14.4. The fourth-order valence-electron chi connectivity index (χ4n) is 3.52. The molecule has 29 heavy (non-hydrogen) atoms. The van der Waals surface area contributed by atoms with Crippen LogP contribution < -0.4 is 5.32 Å². The largest absolute Gasteiger partial charge is 0.361 e. The molecule has 1 aliphatic heterocycles. The Hall–Kier alpha value is -3.49. The number of likely N-dealkylation sites (tertiary alicyclic amines) is 1. The quantitative estimate of drug-likeness (QED) is 0.708. The van der Waals surface area contributed by atoms with Gasteiger partial charge in [0.25, 0.3) is 11.8 Å². The van der Waals surface area contributed by atoms with Crippen LogP contribution in [0.15, 0.2) is 47.5 Å². The van der Waals surface area contributed by atoms with Gasteiger partial charge in [-0.15, -0.1) is 10.2 Å². The van der Waals surface area contributed by atoms with Crippen molar-refractivity contribution in [1.29, 1.82) is 0 Å². The molecule has 0 aliphatic carbocycles. The molecule has 1 N–H and O–H groups in total. The molecule has 1 aliphatic rings. The minimum Gasteiger partial charge on any atom is -0.361 e. The van der Waals surface area contributed by atoms with Crippen LogP contribution >= 0.6 is 0 Å². The Morgan fingerprint density at radius 2 is 1.90 bits per heavy atom. The van der Waals surface area contributed by atoms with Gasteiger partial charge < -0.3 is 14.7 Å². The lowest BCUT2D eigenvalue weighted by Gasteiger charge is -2.31. The van der Waals surface area contributed by atoms with E-state index in [4.69, 9.17) is 4.52 Å². The van der Waals surface area contributed by atoms with E-state index in [1.807, 2.05) is 18.2 Å². The molecule has 0 radical (unpaired) electrons. The van der Waals surface area contributed by atoms with Crippen LogP contribution in [0.2, 0.25) is 0 Å². The van der Waals surface area contributed by atoms with Gasteiger partial charge in [-0.25, -0.2) is 0 Å². The van der Waals surface area contributed by atoms with E-state index in [-0.39, 0.29) is 11.8 Å². The molecule has 0 atom stereocenters. The number of carbonyl (C=O) groups excluding carboxylic acids is 2. The molecule has 2 aromatic heterocycles. The van der Waals surface area contributed by atoms with Crippen molar-refractivity contribution >= 4 is 11.8 Å². The number of piperidine rings is 1. The molecule has 4 rings (SSSR count). The van der Waals surface area contributed by atoms with Crippen molar-refractivity contribution in [3.63, 3.8) is 0 Å². The van der Waals surface area contributed by atoms with Crippen LogP contribution in [0.25, 0.3) is 5.69 Å². The van der Waals surface area contributed by atoms with E-state index < -0.39 is 0 Å². The number of rotatable bonds is 5. The Balaban J connectivity index is 1.31. The lowest BCUT2D eigenvalue weighted by atomic mass is 9.96. The van der Waals surface area contributed by atoms with Gasteiger partial charge in [0.05, 0.1) is 11.3 Å². The van der Waals surface area contributed by atoms with Crippen molar-refractivity contribution in [2.24, 2.45) is 5.92 Å². The summed E-state index contributed by atoms with van der Waals surface area (Å²) in [5.74, 6) is 0.708. The molecule has 1 saturated heterocycles. The summed E-state index contributed by atoms with van der Waals surface area (Å²) >= 11 is 0. The molecule has 3 heterocycles. The third kappa shape index (κ3) is 4.18. The highest BCUT2D eigenvalue weighted by Crippen LogP contribution is 2.19. The van der Waals surface area contributed by atoms with Gasteiger partial charge in [0.2, 0.25) is 0 Å². The van der Waals surface area contributed by atoms with E-state index in [1.54, 1.807) is 41.2 Å².